The van der Waals surface area contributed by atoms with Crippen molar-refractivity contribution in [2.24, 2.45) is 5.92 Å². The molecule has 0 spiro atoms. The van der Waals surface area contributed by atoms with Crippen molar-refractivity contribution in [2.75, 3.05) is 13.1 Å². The van der Waals surface area contributed by atoms with Gasteiger partial charge < -0.3 is 9.67 Å². The van der Waals surface area contributed by atoms with Crippen molar-refractivity contribution in [2.45, 2.75) is 47.2 Å². The third kappa shape index (κ3) is 4.71. The van der Waals surface area contributed by atoms with Gasteiger partial charge in [-0.05, 0) is 25.4 Å². The molecular formula is C15H26N2O2. The minimum absolute atomic E-state index is 0.160. The zero-order chi connectivity index (χ0) is 14.4. The molecule has 1 heterocycles. The first-order valence-electron chi connectivity index (χ1n) is 7.12. The molecule has 0 radical (unpaired) electrons. The summed E-state index contributed by atoms with van der Waals surface area (Å²) >= 11 is 0. The third-order valence-corrected chi connectivity index (χ3v) is 3.42. The highest BCUT2D eigenvalue weighted by molar-refractivity contribution is 5.20. The van der Waals surface area contributed by atoms with Crippen LogP contribution < -0.4 is 5.43 Å². The largest absolute Gasteiger partial charge is 0.503 e. The van der Waals surface area contributed by atoms with Crippen molar-refractivity contribution in [3.05, 3.63) is 28.2 Å². The zero-order valence-corrected chi connectivity index (χ0v) is 12.5. The highest BCUT2D eigenvalue weighted by atomic mass is 16.3. The number of aromatic hydroxyl groups is 1. The molecule has 0 aliphatic carbocycles. The van der Waals surface area contributed by atoms with Crippen molar-refractivity contribution >= 4 is 0 Å². The fraction of sp³-hybridized carbons (Fsp3) is 0.667. The lowest BCUT2D eigenvalue weighted by molar-refractivity contribution is 0.284. The Labute approximate surface area is 115 Å². The van der Waals surface area contributed by atoms with Gasteiger partial charge in [-0.1, -0.05) is 27.7 Å². The third-order valence-electron chi connectivity index (χ3n) is 3.42. The number of nitrogens with zero attached hydrogens (tertiary/aromatic N) is 2. The molecule has 1 aromatic heterocycles. The summed E-state index contributed by atoms with van der Waals surface area (Å²) in [6.45, 7) is 12.1. The average molecular weight is 266 g/mol. The first-order valence-corrected chi connectivity index (χ1v) is 7.12. The molecule has 0 saturated carbocycles. The van der Waals surface area contributed by atoms with Gasteiger partial charge >= 0.3 is 0 Å². The number of hydrogen-bond donors (Lipinski definition) is 1. The Balaban J connectivity index is 2.98. The number of pyridine rings is 1. The van der Waals surface area contributed by atoms with E-state index < -0.39 is 0 Å². The first-order chi connectivity index (χ1) is 8.97. The number of aryl methyl sites for hydroxylation is 1. The average Bonchev–Trinajstić information content (AvgIpc) is 2.37. The van der Waals surface area contributed by atoms with Gasteiger partial charge in [-0.25, -0.2) is 0 Å². The maximum Gasteiger partial charge on any atom is 0.223 e. The van der Waals surface area contributed by atoms with Gasteiger partial charge in [0, 0.05) is 24.8 Å². The Bertz CT molecular complexity index is 448. The molecule has 0 aromatic carbocycles. The standard InChI is InChI=1S/C15H26N2O2/c1-5-16(6-2)10-13-9-14(18)15(19)11-17(13)8-7-12(3)4/h9,11-12,19H,5-8,10H2,1-4H3. The highest BCUT2D eigenvalue weighted by Crippen LogP contribution is 2.11. The number of aromatic nitrogens is 1. The SMILES string of the molecule is CCN(CC)Cc1cc(=O)c(O)cn1CCC(C)C. The van der Waals surface area contributed by atoms with Crippen molar-refractivity contribution in [1.29, 1.82) is 0 Å². The van der Waals surface area contributed by atoms with E-state index in [4.69, 9.17) is 0 Å². The van der Waals surface area contributed by atoms with Crippen LogP contribution in [0.25, 0.3) is 0 Å². The molecule has 19 heavy (non-hydrogen) atoms. The zero-order valence-electron chi connectivity index (χ0n) is 12.5. The molecule has 1 rings (SSSR count). The van der Waals surface area contributed by atoms with Gasteiger partial charge in [0.15, 0.2) is 5.75 Å². The van der Waals surface area contributed by atoms with Crippen molar-refractivity contribution in [1.82, 2.24) is 9.47 Å². The minimum Gasteiger partial charge on any atom is -0.503 e. The van der Waals surface area contributed by atoms with Gasteiger partial charge in [0.25, 0.3) is 0 Å². The van der Waals surface area contributed by atoms with Crippen LogP contribution in [0.15, 0.2) is 17.1 Å². The number of hydrogen-bond acceptors (Lipinski definition) is 3. The van der Waals surface area contributed by atoms with Crippen molar-refractivity contribution in [3.63, 3.8) is 0 Å². The van der Waals surface area contributed by atoms with E-state index >= 15 is 0 Å². The molecule has 4 heteroatoms. The van der Waals surface area contributed by atoms with Gasteiger partial charge in [0.1, 0.15) is 0 Å². The second kappa shape index (κ2) is 7.34. The van der Waals surface area contributed by atoms with E-state index in [1.54, 1.807) is 12.3 Å². The van der Waals surface area contributed by atoms with Crippen LogP contribution in [-0.2, 0) is 13.1 Å². The van der Waals surface area contributed by atoms with Gasteiger partial charge in [0.05, 0.1) is 6.20 Å². The first kappa shape index (κ1) is 15.8. The fourth-order valence-corrected chi connectivity index (χ4v) is 2.02. The lowest BCUT2D eigenvalue weighted by Gasteiger charge is -2.22. The van der Waals surface area contributed by atoms with E-state index in [0.717, 1.165) is 38.3 Å². The molecule has 0 aliphatic heterocycles. The molecule has 1 aromatic rings. The molecule has 0 unspecified atom stereocenters. The van der Waals surface area contributed by atoms with Gasteiger partial charge in [-0.15, -0.1) is 0 Å². The summed E-state index contributed by atoms with van der Waals surface area (Å²) in [6, 6.07) is 1.56. The summed E-state index contributed by atoms with van der Waals surface area (Å²) in [4.78, 5) is 13.9. The summed E-state index contributed by atoms with van der Waals surface area (Å²) in [5, 5.41) is 9.59. The molecule has 0 fully saturated rings. The van der Waals surface area contributed by atoms with E-state index in [2.05, 4.69) is 32.6 Å². The van der Waals surface area contributed by atoms with Crippen LogP contribution in [-0.4, -0.2) is 27.7 Å². The predicted molar refractivity (Wildman–Crippen MR) is 78.4 cm³/mol. The van der Waals surface area contributed by atoms with E-state index in [0.29, 0.717) is 5.92 Å². The van der Waals surface area contributed by atoms with Crippen LogP contribution in [0.1, 0.15) is 39.8 Å². The van der Waals surface area contributed by atoms with Crippen LogP contribution in [0, 0.1) is 5.92 Å². The Morgan fingerprint density at radius 2 is 1.95 bits per heavy atom. The molecule has 0 bridgehead atoms. The fourth-order valence-electron chi connectivity index (χ4n) is 2.02. The molecular weight excluding hydrogens is 240 g/mol. The topological polar surface area (TPSA) is 45.5 Å². The van der Waals surface area contributed by atoms with Crippen LogP contribution in [0.5, 0.6) is 5.75 Å². The summed E-state index contributed by atoms with van der Waals surface area (Å²) in [7, 11) is 0. The van der Waals surface area contributed by atoms with E-state index in [1.807, 2.05) is 4.57 Å². The number of rotatable bonds is 7. The highest BCUT2D eigenvalue weighted by Gasteiger charge is 2.09. The van der Waals surface area contributed by atoms with Gasteiger partial charge in [-0.2, -0.15) is 0 Å². The smallest absolute Gasteiger partial charge is 0.223 e. The van der Waals surface area contributed by atoms with Gasteiger partial charge in [0.2, 0.25) is 5.43 Å². The maximum absolute atomic E-state index is 11.6. The van der Waals surface area contributed by atoms with Crippen LogP contribution >= 0.6 is 0 Å². The van der Waals surface area contributed by atoms with Crippen LogP contribution in [0.3, 0.4) is 0 Å². The Morgan fingerprint density at radius 3 is 2.47 bits per heavy atom. The molecule has 108 valence electrons. The molecule has 0 atom stereocenters. The Kier molecular flexibility index (Phi) is 6.09. The predicted octanol–water partition coefficient (Wildman–Crippen LogP) is 2.44. The molecule has 4 nitrogen and oxygen atoms in total. The lowest BCUT2D eigenvalue weighted by atomic mass is 10.1. The minimum atomic E-state index is -0.289. The summed E-state index contributed by atoms with van der Waals surface area (Å²) in [6.07, 6.45) is 2.61. The van der Waals surface area contributed by atoms with E-state index in [1.165, 1.54) is 0 Å². The monoisotopic (exact) mass is 266 g/mol. The summed E-state index contributed by atoms with van der Waals surface area (Å²) in [5.41, 5.74) is 0.690. The van der Waals surface area contributed by atoms with E-state index in [-0.39, 0.29) is 11.2 Å². The van der Waals surface area contributed by atoms with Gasteiger partial charge in [-0.3, -0.25) is 9.69 Å². The summed E-state index contributed by atoms with van der Waals surface area (Å²) < 4.78 is 2.01. The maximum atomic E-state index is 11.6. The van der Waals surface area contributed by atoms with Crippen molar-refractivity contribution in [3.8, 4) is 5.75 Å². The Hall–Kier alpha value is -1.29. The second-order valence-electron chi connectivity index (χ2n) is 5.35. The summed E-state index contributed by atoms with van der Waals surface area (Å²) in [5.74, 6) is 0.440. The quantitative estimate of drug-likeness (QED) is 0.824. The van der Waals surface area contributed by atoms with Crippen LogP contribution in [0.2, 0.25) is 0 Å². The van der Waals surface area contributed by atoms with E-state index in [9.17, 15) is 9.90 Å². The normalized spacial score (nSPS) is 11.5. The molecule has 0 amide bonds. The lowest BCUT2D eigenvalue weighted by Crippen LogP contribution is -2.26. The van der Waals surface area contributed by atoms with Crippen molar-refractivity contribution < 1.29 is 5.11 Å². The molecule has 1 N–H and O–H groups in total. The Morgan fingerprint density at radius 1 is 1.32 bits per heavy atom. The van der Waals surface area contributed by atoms with Crippen LogP contribution in [0.4, 0.5) is 0 Å². The molecule has 0 aliphatic rings. The molecule has 0 saturated heterocycles. The second-order valence-corrected chi connectivity index (χ2v) is 5.35.